The third-order valence-corrected chi connectivity index (χ3v) is 2.39. The van der Waals surface area contributed by atoms with Crippen molar-refractivity contribution in [3.63, 3.8) is 0 Å². The molecule has 1 aromatic carbocycles. The first-order valence-electron chi connectivity index (χ1n) is 5.54. The summed E-state index contributed by atoms with van der Waals surface area (Å²) in [4.78, 5) is 14.3. The van der Waals surface area contributed by atoms with Gasteiger partial charge in [0.1, 0.15) is 0 Å². The Labute approximate surface area is 122 Å². The fourth-order valence-electron chi connectivity index (χ4n) is 1.43. The molecule has 2 aromatic rings. The van der Waals surface area contributed by atoms with Gasteiger partial charge >= 0.3 is 11.6 Å². The van der Waals surface area contributed by atoms with Gasteiger partial charge in [0.25, 0.3) is 0 Å². The third kappa shape index (κ3) is 4.09. The van der Waals surface area contributed by atoms with Crippen LogP contribution in [0.5, 0.6) is 17.4 Å². The monoisotopic (exact) mass is 317 g/mol. The molecule has 0 aliphatic heterocycles. The molecule has 0 unspecified atom stereocenters. The number of carbonyl (C=O) groups is 1. The highest BCUT2D eigenvalue weighted by atomic mass is 35.5. The van der Waals surface area contributed by atoms with Crippen LogP contribution < -0.4 is 9.47 Å². The normalized spacial score (nSPS) is 11.0. The highest BCUT2D eigenvalue weighted by Gasteiger charge is 2.30. The minimum Gasteiger partial charge on any atom is -0.435 e. The molecule has 4 nitrogen and oxygen atoms in total. The molecule has 0 aliphatic carbocycles. The van der Waals surface area contributed by atoms with Crippen molar-refractivity contribution in [2.75, 3.05) is 0 Å². The lowest BCUT2D eigenvalue weighted by atomic mass is 10.3. The molecule has 0 saturated carbocycles. The zero-order valence-corrected chi connectivity index (χ0v) is 11.0. The lowest BCUT2D eigenvalue weighted by molar-refractivity contribution is -0.137. The Balaban J connectivity index is 2.20. The van der Waals surface area contributed by atoms with Crippen LogP contribution in [0.4, 0.5) is 18.0 Å². The number of hydrogen-bond donors (Lipinski definition) is 0. The quantitative estimate of drug-likeness (QED) is 0.774. The summed E-state index contributed by atoms with van der Waals surface area (Å²) in [6.45, 7) is 0. The number of aromatic nitrogens is 1. The number of hydrogen-bond acceptors (Lipinski definition) is 4. The number of alkyl halides is 3. The SMILES string of the molecule is O=C(Cl)Oc1ccccc1Oc1ccc(C(F)(F)F)cn1. The smallest absolute Gasteiger partial charge is 0.417 e. The molecular formula is C13H7ClF3NO3. The minimum atomic E-state index is -4.47. The van der Waals surface area contributed by atoms with Crippen LogP contribution in [0.2, 0.25) is 0 Å². The van der Waals surface area contributed by atoms with Gasteiger partial charge in [-0.05, 0) is 18.2 Å². The second-order valence-corrected chi connectivity index (χ2v) is 4.08. The van der Waals surface area contributed by atoms with E-state index in [-0.39, 0.29) is 17.4 Å². The standard InChI is InChI=1S/C13H7ClF3NO3/c14-12(19)21-10-4-2-1-3-9(10)20-11-6-5-8(7-18-11)13(15,16)17/h1-7H. The van der Waals surface area contributed by atoms with E-state index in [9.17, 15) is 18.0 Å². The molecule has 110 valence electrons. The molecule has 0 spiro atoms. The van der Waals surface area contributed by atoms with Gasteiger partial charge in [0.15, 0.2) is 11.5 Å². The Morgan fingerprint density at radius 3 is 2.29 bits per heavy atom. The van der Waals surface area contributed by atoms with Crippen LogP contribution in [0.3, 0.4) is 0 Å². The summed E-state index contributed by atoms with van der Waals surface area (Å²) in [6, 6.07) is 7.92. The van der Waals surface area contributed by atoms with Crippen molar-refractivity contribution in [2.24, 2.45) is 0 Å². The maximum absolute atomic E-state index is 12.4. The molecule has 0 N–H and O–H groups in total. The van der Waals surface area contributed by atoms with Crippen LogP contribution in [-0.2, 0) is 6.18 Å². The summed E-state index contributed by atoms with van der Waals surface area (Å²) in [6.07, 6.45) is -3.83. The topological polar surface area (TPSA) is 48.4 Å². The molecule has 0 bridgehead atoms. The minimum absolute atomic E-state index is 0.0270. The Bertz CT molecular complexity index is 644. The average Bonchev–Trinajstić information content (AvgIpc) is 2.40. The van der Waals surface area contributed by atoms with Gasteiger partial charge in [-0.25, -0.2) is 9.78 Å². The van der Waals surface area contributed by atoms with Gasteiger partial charge in [-0.2, -0.15) is 13.2 Å². The van der Waals surface area contributed by atoms with Crippen molar-refractivity contribution in [3.05, 3.63) is 48.2 Å². The van der Waals surface area contributed by atoms with Crippen molar-refractivity contribution in [2.45, 2.75) is 6.18 Å². The van der Waals surface area contributed by atoms with E-state index in [0.29, 0.717) is 6.20 Å². The zero-order chi connectivity index (χ0) is 15.5. The van der Waals surface area contributed by atoms with Crippen molar-refractivity contribution in [1.82, 2.24) is 4.98 Å². The molecule has 0 radical (unpaired) electrons. The van der Waals surface area contributed by atoms with Crippen LogP contribution in [0.15, 0.2) is 42.6 Å². The first-order valence-corrected chi connectivity index (χ1v) is 5.91. The molecule has 0 fully saturated rings. The summed E-state index contributed by atoms with van der Waals surface area (Å²) < 4.78 is 47.2. The van der Waals surface area contributed by atoms with E-state index in [1.54, 1.807) is 12.1 Å². The van der Waals surface area contributed by atoms with Gasteiger partial charge < -0.3 is 9.47 Å². The summed E-state index contributed by atoms with van der Waals surface area (Å²) in [5.74, 6) is 0.0408. The first kappa shape index (κ1) is 15.1. The molecule has 21 heavy (non-hydrogen) atoms. The fourth-order valence-corrected chi connectivity index (χ4v) is 1.51. The van der Waals surface area contributed by atoms with E-state index in [0.717, 1.165) is 12.1 Å². The molecule has 1 aromatic heterocycles. The van der Waals surface area contributed by atoms with Gasteiger partial charge in [0.05, 0.1) is 5.56 Å². The average molecular weight is 318 g/mol. The maximum Gasteiger partial charge on any atom is 0.417 e. The fraction of sp³-hybridized carbons (Fsp3) is 0.0769. The van der Waals surface area contributed by atoms with E-state index in [1.165, 1.54) is 12.1 Å². The van der Waals surface area contributed by atoms with Crippen LogP contribution in [0, 0.1) is 0 Å². The number of ether oxygens (including phenoxy) is 2. The Morgan fingerprint density at radius 2 is 1.76 bits per heavy atom. The lowest BCUT2D eigenvalue weighted by Gasteiger charge is -2.10. The number of nitrogens with zero attached hydrogens (tertiary/aromatic N) is 1. The zero-order valence-electron chi connectivity index (χ0n) is 10.2. The van der Waals surface area contributed by atoms with Crippen molar-refractivity contribution in [1.29, 1.82) is 0 Å². The van der Waals surface area contributed by atoms with Crippen molar-refractivity contribution in [3.8, 4) is 17.4 Å². The molecule has 2 rings (SSSR count). The largest absolute Gasteiger partial charge is 0.435 e. The summed E-state index contributed by atoms with van der Waals surface area (Å²) in [7, 11) is 0. The summed E-state index contributed by atoms with van der Waals surface area (Å²) >= 11 is 5.10. The predicted molar refractivity (Wildman–Crippen MR) is 67.6 cm³/mol. The van der Waals surface area contributed by atoms with E-state index >= 15 is 0 Å². The molecular weight excluding hydrogens is 311 g/mol. The summed E-state index contributed by atoms with van der Waals surface area (Å²) in [5.41, 5.74) is -1.96. The first-order chi connectivity index (χ1) is 9.86. The van der Waals surface area contributed by atoms with Gasteiger partial charge in [0.2, 0.25) is 5.88 Å². The number of para-hydroxylation sites is 2. The highest BCUT2D eigenvalue weighted by Crippen LogP contribution is 2.33. The number of pyridine rings is 1. The van der Waals surface area contributed by atoms with Crippen LogP contribution >= 0.6 is 11.6 Å². The number of halogens is 4. The number of rotatable bonds is 3. The van der Waals surface area contributed by atoms with Gasteiger partial charge in [-0.1, -0.05) is 12.1 Å². The Morgan fingerprint density at radius 1 is 1.10 bits per heavy atom. The third-order valence-electron chi connectivity index (χ3n) is 2.32. The van der Waals surface area contributed by atoms with Crippen LogP contribution in [-0.4, -0.2) is 10.4 Å². The number of carbonyl (C=O) groups excluding carboxylic acids is 1. The van der Waals surface area contributed by atoms with E-state index < -0.39 is 17.2 Å². The maximum atomic E-state index is 12.4. The predicted octanol–water partition coefficient (Wildman–Crippen LogP) is 4.63. The van der Waals surface area contributed by atoms with E-state index in [4.69, 9.17) is 16.3 Å². The second kappa shape index (κ2) is 6.01. The molecule has 0 amide bonds. The van der Waals surface area contributed by atoms with Crippen LogP contribution in [0.1, 0.15) is 5.56 Å². The number of benzene rings is 1. The molecule has 0 atom stereocenters. The van der Waals surface area contributed by atoms with Gasteiger partial charge in [0, 0.05) is 23.9 Å². The van der Waals surface area contributed by atoms with Gasteiger partial charge in [-0.3, -0.25) is 0 Å². The lowest BCUT2D eigenvalue weighted by Crippen LogP contribution is -2.05. The second-order valence-electron chi connectivity index (χ2n) is 3.77. The van der Waals surface area contributed by atoms with Crippen molar-refractivity contribution >= 4 is 17.0 Å². The Hall–Kier alpha value is -2.28. The summed E-state index contributed by atoms with van der Waals surface area (Å²) in [5, 5.41) is 0. The van der Waals surface area contributed by atoms with Gasteiger partial charge in [-0.15, -0.1) is 0 Å². The molecule has 0 aliphatic rings. The van der Waals surface area contributed by atoms with E-state index in [1.807, 2.05) is 0 Å². The molecule has 0 saturated heterocycles. The van der Waals surface area contributed by atoms with Crippen molar-refractivity contribution < 1.29 is 27.4 Å². The van der Waals surface area contributed by atoms with E-state index in [2.05, 4.69) is 9.72 Å². The van der Waals surface area contributed by atoms with Crippen LogP contribution in [0.25, 0.3) is 0 Å². The molecule has 1 heterocycles. The Kier molecular flexibility index (Phi) is 4.32. The highest BCUT2D eigenvalue weighted by molar-refractivity contribution is 6.61. The molecule has 8 heteroatoms.